The fraction of sp³-hybridized carbons (Fsp3) is 0.800. The summed E-state index contributed by atoms with van der Waals surface area (Å²) in [5.41, 5.74) is 6.36. The maximum Gasteiger partial charge on any atom is 0.108 e. The second-order valence-corrected chi connectivity index (χ2v) is 5.76. The minimum atomic E-state index is 0.116. The van der Waals surface area contributed by atoms with E-state index in [9.17, 15) is 0 Å². The fourth-order valence-electron chi connectivity index (χ4n) is 3.28. The normalized spacial score (nSPS) is 20.4. The molecule has 0 radical (unpaired) electrons. The first-order valence-electron chi connectivity index (χ1n) is 7.47. The molecule has 0 spiro atoms. The van der Waals surface area contributed by atoms with Crippen molar-refractivity contribution in [2.75, 3.05) is 7.11 Å². The van der Waals surface area contributed by atoms with Gasteiger partial charge in [0.25, 0.3) is 0 Å². The van der Waals surface area contributed by atoms with Crippen LogP contribution in [-0.4, -0.2) is 28.8 Å². The number of ether oxygens (including phenoxy) is 1. The molecule has 1 aromatic heterocycles. The number of hydrogen-bond donors (Lipinski definition) is 1. The van der Waals surface area contributed by atoms with Crippen molar-refractivity contribution < 1.29 is 4.74 Å². The van der Waals surface area contributed by atoms with Crippen LogP contribution in [0.3, 0.4) is 0 Å². The number of methoxy groups -OCH3 is 1. The molecule has 0 saturated heterocycles. The van der Waals surface area contributed by atoms with Gasteiger partial charge in [0.2, 0.25) is 0 Å². The van der Waals surface area contributed by atoms with Crippen LogP contribution >= 0.6 is 0 Å². The Balaban J connectivity index is 1.85. The Labute approximate surface area is 116 Å². The van der Waals surface area contributed by atoms with E-state index in [1.54, 1.807) is 7.11 Å². The molecule has 108 valence electrons. The van der Waals surface area contributed by atoms with Crippen molar-refractivity contribution in [3.05, 3.63) is 18.2 Å². The van der Waals surface area contributed by atoms with Gasteiger partial charge in [-0.05, 0) is 25.2 Å². The summed E-state index contributed by atoms with van der Waals surface area (Å²) >= 11 is 0. The van der Waals surface area contributed by atoms with Crippen LogP contribution < -0.4 is 5.73 Å². The summed E-state index contributed by atoms with van der Waals surface area (Å²) in [7, 11) is 3.84. The van der Waals surface area contributed by atoms with E-state index in [1.165, 1.54) is 32.1 Å². The summed E-state index contributed by atoms with van der Waals surface area (Å²) in [6.07, 6.45) is 12.5. The van der Waals surface area contributed by atoms with Crippen molar-refractivity contribution in [2.45, 2.75) is 57.1 Å². The van der Waals surface area contributed by atoms with E-state index >= 15 is 0 Å². The fourth-order valence-corrected chi connectivity index (χ4v) is 3.28. The van der Waals surface area contributed by atoms with Gasteiger partial charge in [-0.25, -0.2) is 4.98 Å². The number of aryl methyl sites for hydroxylation is 2. The highest BCUT2D eigenvalue weighted by Gasteiger charge is 2.28. The van der Waals surface area contributed by atoms with E-state index < -0.39 is 0 Å². The summed E-state index contributed by atoms with van der Waals surface area (Å²) in [6.45, 7) is 0. The first kappa shape index (κ1) is 14.5. The van der Waals surface area contributed by atoms with Gasteiger partial charge in [-0.3, -0.25) is 0 Å². The van der Waals surface area contributed by atoms with Gasteiger partial charge in [0.1, 0.15) is 5.82 Å². The van der Waals surface area contributed by atoms with Gasteiger partial charge < -0.3 is 15.0 Å². The van der Waals surface area contributed by atoms with E-state index in [2.05, 4.69) is 9.55 Å². The molecule has 1 aromatic rings. The molecule has 0 aliphatic heterocycles. The van der Waals surface area contributed by atoms with Gasteiger partial charge in [0.05, 0.1) is 6.10 Å². The summed E-state index contributed by atoms with van der Waals surface area (Å²) in [5.74, 6) is 1.75. The monoisotopic (exact) mass is 265 g/mol. The lowest BCUT2D eigenvalue weighted by molar-refractivity contribution is 0.0158. The number of imidazole rings is 1. The third-order valence-electron chi connectivity index (χ3n) is 4.43. The molecule has 0 aromatic carbocycles. The second-order valence-electron chi connectivity index (χ2n) is 5.76. The minimum absolute atomic E-state index is 0.116. The van der Waals surface area contributed by atoms with Crippen molar-refractivity contribution >= 4 is 0 Å². The Morgan fingerprint density at radius 2 is 2.16 bits per heavy atom. The van der Waals surface area contributed by atoms with Crippen molar-refractivity contribution in [1.29, 1.82) is 0 Å². The van der Waals surface area contributed by atoms with Crippen molar-refractivity contribution in [2.24, 2.45) is 18.7 Å². The molecule has 1 fully saturated rings. The van der Waals surface area contributed by atoms with Gasteiger partial charge in [0.15, 0.2) is 0 Å². The van der Waals surface area contributed by atoms with E-state index in [0.717, 1.165) is 18.7 Å². The zero-order valence-corrected chi connectivity index (χ0v) is 12.2. The van der Waals surface area contributed by atoms with Crippen LogP contribution in [0.25, 0.3) is 0 Å². The largest absolute Gasteiger partial charge is 0.380 e. The standard InChI is InChI=1S/C15H27N3O/c1-18-11-10-17-14(18)9-8-13(16)15(19-2)12-6-4-3-5-7-12/h10-13,15H,3-9,16H2,1-2H3. The van der Waals surface area contributed by atoms with Crippen molar-refractivity contribution in [3.63, 3.8) is 0 Å². The zero-order valence-electron chi connectivity index (χ0n) is 12.2. The van der Waals surface area contributed by atoms with Gasteiger partial charge in [-0.15, -0.1) is 0 Å². The second kappa shape index (κ2) is 7.06. The first-order valence-corrected chi connectivity index (χ1v) is 7.47. The van der Waals surface area contributed by atoms with Crippen LogP contribution in [0.2, 0.25) is 0 Å². The molecule has 1 heterocycles. The van der Waals surface area contributed by atoms with Gasteiger partial charge in [-0.1, -0.05) is 19.3 Å². The van der Waals surface area contributed by atoms with Crippen LogP contribution in [0.1, 0.15) is 44.3 Å². The Kier molecular flexibility index (Phi) is 5.40. The Morgan fingerprint density at radius 1 is 1.42 bits per heavy atom. The highest BCUT2D eigenvalue weighted by atomic mass is 16.5. The average molecular weight is 265 g/mol. The van der Waals surface area contributed by atoms with Crippen LogP contribution in [0.4, 0.5) is 0 Å². The molecule has 0 bridgehead atoms. The maximum absolute atomic E-state index is 6.36. The molecule has 2 atom stereocenters. The molecule has 1 saturated carbocycles. The lowest BCUT2D eigenvalue weighted by atomic mass is 9.82. The Bertz CT molecular complexity index is 371. The zero-order chi connectivity index (χ0) is 13.7. The topological polar surface area (TPSA) is 53.1 Å². The van der Waals surface area contributed by atoms with Crippen LogP contribution in [0, 0.1) is 5.92 Å². The summed E-state index contributed by atoms with van der Waals surface area (Å²) in [5, 5.41) is 0. The molecule has 19 heavy (non-hydrogen) atoms. The molecular formula is C15H27N3O. The molecule has 2 unspecified atom stereocenters. The van der Waals surface area contributed by atoms with Gasteiger partial charge in [0, 0.05) is 39.0 Å². The first-order chi connectivity index (χ1) is 9.22. The Morgan fingerprint density at radius 3 is 2.74 bits per heavy atom. The number of aromatic nitrogens is 2. The molecule has 0 amide bonds. The SMILES string of the molecule is COC(C(N)CCc1nccn1C)C1CCCCC1. The molecule has 4 nitrogen and oxygen atoms in total. The number of nitrogens with zero attached hydrogens (tertiary/aromatic N) is 2. The molecule has 4 heteroatoms. The lowest BCUT2D eigenvalue weighted by Crippen LogP contribution is -2.42. The smallest absolute Gasteiger partial charge is 0.108 e. The average Bonchev–Trinajstić information content (AvgIpc) is 2.84. The highest BCUT2D eigenvalue weighted by molar-refractivity contribution is 4.93. The summed E-state index contributed by atoms with van der Waals surface area (Å²) < 4.78 is 7.76. The number of hydrogen-bond acceptors (Lipinski definition) is 3. The van der Waals surface area contributed by atoms with Gasteiger partial charge in [-0.2, -0.15) is 0 Å². The minimum Gasteiger partial charge on any atom is -0.380 e. The highest BCUT2D eigenvalue weighted by Crippen LogP contribution is 2.29. The van der Waals surface area contributed by atoms with E-state index in [1.807, 2.05) is 19.4 Å². The summed E-state index contributed by atoms with van der Waals surface area (Å²) in [4.78, 5) is 4.35. The van der Waals surface area contributed by atoms with Crippen LogP contribution in [0.15, 0.2) is 12.4 Å². The predicted octanol–water partition coefficient (Wildman–Crippen LogP) is 2.28. The van der Waals surface area contributed by atoms with Crippen molar-refractivity contribution in [1.82, 2.24) is 9.55 Å². The van der Waals surface area contributed by atoms with E-state index in [-0.39, 0.29) is 12.1 Å². The molecule has 2 rings (SSSR count). The summed E-state index contributed by atoms with van der Waals surface area (Å²) in [6, 6.07) is 0.116. The number of rotatable bonds is 6. The molecule has 1 aliphatic carbocycles. The van der Waals surface area contributed by atoms with E-state index in [4.69, 9.17) is 10.5 Å². The quantitative estimate of drug-likeness (QED) is 0.858. The molecule has 2 N–H and O–H groups in total. The molecular weight excluding hydrogens is 238 g/mol. The van der Waals surface area contributed by atoms with Crippen LogP contribution in [-0.2, 0) is 18.2 Å². The third kappa shape index (κ3) is 3.80. The van der Waals surface area contributed by atoms with Gasteiger partial charge >= 0.3 is 0 Å². The maximum atomic E-state index is 6.36. The van der Waals surface area contributed by atoms with E-state index in [0.29, 0.717) is 5.92 Å². The number of nitrogens with two attached hydrogens (primary N) is 1. The third-order valence-corrected chi connectivity index (χ3v) is 4.43. The van der Waals surface area contributed by atoms with Crippen LogP contribution in [0.5, 0.6) is 0 Å². The molecule has 1 aliphatic rings. The van der Waals surface area contributed by atoms with Crippen molar-refractivity contribution in [3.8, 4) is 0 Å². The Hall–Kier alpha value is -0.870. The lowest BCUT2D eigenvalue weighted by Gasteiger charge is -2.33. The predicted molar refractivity (Wildman–Crippen MR) is 76.9 cm³/mol.